The lowest BCUT2D eigenvalue weighted by molar-refractivity contribution is -0.150. The van der Waals surface area contributed by atoms with Crippen molar-refractivity contribution in [3.05, 3.63) is 28.2 Å². The van der Waals surface area contributed by atoms with Gasteiger partial charge < -0.3 is 9.84 Å². The Bertz CT molecular complexity index is 552. The summed E-state index contributed by atoms with van der Waals surface area (Å²) < 4.78 is 5.18. The number of hydrogen-bond donors (Lipinski definition) is 1. The first kappa shape index (κ1) is 14.2. The molecule has 2 rings (SSSR count). The molecule has 1 fully saturated rings. The summed E-state index contributed by atoms with van der Waals surface area (Å²) in [4.78, 5) is 23.2. The maximum Gasteiger partial charge on any atom is 0.318 e. The van der Waals surface area contributed by atoms with E-state index in [1.54, 1.807) is 6.92 Å². The Morgan fingerprint density at radius 3 is 2.11 bits per heavy atom. The molecular formula is C13H12Cl2O4. The lowest BCUT2D eigenvalue weighted by atomic mass is 9.96. The van der Waals surface area contributed by atoms with Crippen LogP contribution in [0.1, 0.15) is 20.3 Å². The number of carbonyl (C=O) groups is 2. The minimum Gasteiger partial charge on any atom is -0.481 e. The third-order valence-corrected chi connectivity index (χ3v) is 4.21. The number of rotatable bonds is 3. The third-order valence-electron chi connectivity index (χ3n) is 3.77. The summed E-state index contributed by atoms with van der Waals surface area (Å²) in [7, 11) is 0. The molecule has 0 heterocycles. The summed E-state index contributed by atoms with van der Waals surface area (Å²) in [6, 6.07) is 4.42. The van der Waals surface area contributed by atoms with Crippen LogP contribution in [-0.2, 0) is 9.59 Å². The largest absolute Gasteiger partial charge is 0.481 e. The van der Waals surface area contributed by atoms with Crippen molar-refractivity contribution in [3.63, 3.8) is 0 Å². The Hall–Kier alpha value is -1.26. The van der Waals surface area contributed by atoms with Crippen LogP contribution in [0.3, 0.4) is 0 Å². The summed E-state index contributed by atoms with van der Waals surface area (Å²) >= 11 is 11.6. The SMILES string of the molecule is CC1(C(=O)O)CC1(C)C(=O)Oc1cc(Cl)cc(Cl)c1. The van der Waals surface area contributed by atoms with E-state index in [9.17, 15) is 9.59 Å². The average Bonchev–Trinajstić information content (AvgIpc) is 2.83. The zero-order valence-corrected chi connectivity index (χ0v) is 11.9. The second kappa shape index (κ2) is 4.39. The normalized spacial score (nSPS) is 28.8. The highest BCUT2D eigenvalue weighted by molar-refractivity contribution is 6.34. The zero-order valence-electron chi connectivity index (χ0n) is 10.4. The Morgan fingerprint density at radius 1 is 1.16 bits per heavy atom. The minimum absolute atomic E-state index is 0.211. The molecule has 0 spiro atoms. The van der Waals surface area contributed by atoms with Crippen LogP contribution in [0.15, 0.2) is 18.2 Å². The first-order valence-corrected chi connectivity index (χ1v) is 6.36. The number of carboxylic acids is 1. The number of carboxylic acid groups (broad SMARTS) is 1. The molecule has 2 unspecified atom stereocenters. The number of esters is 1. The molecule has 19 heavy (non-hydrogen) atoms. The van der Waals surface area contributed by atoms with Crippen molar-refractivity contribution >= 4 is 35.1 Å². The standard InChI is InChI=1S/C13H12Cl2O4/c1-12(10(16)17)6-13(12,2)11(18)19-9-4-7(14)3-8(15)5-9/h3-5H,6H2,1-2H3,(H,16,17). The maximum absolute atomic E-state index is 12.1. The molecule has 2 atom stereocenters. The maximum atomic E-state index is 12.1. The molecule has 1 aliphatic carbocycles. The van der Waals surface area contributed by atoms with Gasteiger partial charge in [0.25, 0.3) is 0 Å². The van der Waals surface area contributed by atoms with E-state index in [-0.39, 0.29) is 12.2 Å². The van der Waals surface area contributed by atoms with Crippen molar-refractivity contribution in [2.45, 2.75) is 20.3 Å². The van der Waals surface area contributed by atoms with Crippen LogP contribution in [0.2, 0.25) is 10.0 Å². The van der Waals surface area contributed by atoms with Gasteiger partial charge in [0, 0.05) is 10.0 Å². The van der Waals surface area contributed by atoms with E-state index in [1.807, 2.05) is 0 Å². The number of hydrogen-bond acceptors (Lipinski definition) is 3. The van der Waals surface area contributed by atoms with Crippen molar-refractivity contribution in [1.82, 2.24) is 0 Å². The molecule has 4 nitrogen and oxygen atoms in total. The Morgan fingerprint density at radius 2 is 1.68 bits per heavy atom. The highest BCUT2D eigenvalue weighted by Crippen LogP contribution is 2.64. The van der Waals surface area contributed by atoms with Gasteiger partial charge in [-0.1, -0.05) is 23.2 Å². The Labute approximate surface area is 120 Å². The number of carbonyl (C=O) groups excluding carboxylic acids is 1. The van der Waals surface area contributed by atoms with Gasteiger partial charge >= 0.3 is 11.9 Å². The number of aliphatic carboxylic acids is 1. The van der Waals surface area contributed by atoms with E-state index in [2.05, 4.69) is 0 Å². The first-order chi connectivity index (χ1) is 8.69. The van der Waals surface area contributed by atoms with Crippen molar-refractivity contribution in [2.75, 3.05) is 0 Å². The van der Waals surface area contributed by atoms with Crippen LogP contribution in [0.25, 0.3) is 0 Å². The summed E-state index contributed by atoms with van der Waals surface area (Å²) in [5, 5.41) is 9.79. The fraction of sp³-hybridized carbons (Fsp3) is 0.385. The van der Waals surface area contributed by atoms with Crippen LogP contribution in [-0.4, -0.2) is 17.0 Å². The molecular weight excluding hydrogens is 291 g/mol. The number of halogens is 2. The van der Waals surface area contributed by atoms with E-state index >= 15 is 0 Å². The molecule has 0 bridgehead atoms. The highest BCUT2D eigenvalue weighted by Gasteiger charge is 2.71. The van der Waals surface area contributed by atoms with E-state index in [0.29, 0.717) is 10.0 Å². The molecule has 102 valence electrons. The predicted octanol–water partition coefficient (Wildman–Crippen LogP) is 3.40. The molecule has 1 aliphatic rings. The smallest absolute Gasteiger partial charge is 0.318 e. The summed E-state index contributed by atoms with van der Waals surface area (Å²) in [6.07, 6.45) is 0.252. The van der Waals surface area contributed by atoms with Gasteiger partial charge in [0.15, 0.2) is 0 Å². The van der Waals surface area contributed by atoms with E-state index in [4.69, 9.17) is 33.0 Å². The fourth-order valence-electron chi connectivity index (χ4n) is 2.08. The monoisotopic (exact) mass is 302 g/mol. The predicted molar refractivity (Wildman–Crippen MR) is 70.6 cm³/mol. The first-order valence-electron chi connectivity index (χ1n) is 5.61. The van der Waals surface area contributed by atoms with Gasteiger partial charge in [-0.25, -0.2) is 0 Å². The van der Waals surface area contributed by atoms with Gasteiger partial charge in [-0.3, -0.25) is 9.59 Å². The molecule has 0 amide bonds. The van der Waals surface area contributed by atoms with E-state index in [0.717, 1.165) is 0 Å². The number of benzene rings is 1. The molecule has 0 saturated heterocycles. The zero-order chi connectivity index (χ0) is 14.4. The second-order valence-corrected chi connectivity index (χ2v) is 6.01. The van der Waals surface area contributed by atoms with Crippen LogP contribution in [0.4, 0.5) is 0 Å². The number of ether oxygens (including phenoxy) is 1. The van der Waals surface area contributed by atoms with Gasteiger partial charge in [0.2, 0.25) is 0 Å². The quantitative estimate of drug-likeness (QED) is 0.686. The van der Waals surface area contributed by atoms with E-state index in [1.165, 1.54) is 25.1 Å². The van der Waals surface area contributed by atoms with Crippen LogP contribution >= 0.6 is 23.2 Å². The van der Waals surface area contributed by atoms with Crippen molar-refractivity contribution in [2.24, 2.45) is 10.8 Å². The molecule has 1 aromatic carbocycles. The highest BCUT2D eigenvalue weighted by atomic mass is 35.5. The van der Waals surface area contributed by atoms with Crippen molar-refractivity contribution in [3.8, 4) is 5.75 Å². The lowest BCUT2D eigenvalue weighted by Crippen LogP contribution is -2.28. The van der Waals surface area contributed by atoms with Crippen LogP contribution in [0.5, 0.6) is 5.75 Å². The van der Waals surface area contributed by atoms with Gasteiger partial charge in [-0.2, -0.15) is 0 Å². The van der Waals surface area contributed by atoms with Crippen LogP contribution < -0.4 is 4.74 Å². The third kappa shape index (κ3) is 2.30. The summed E-state index contributed by atoms with van der Waals surface area (Å²) in [5.41, 5.74) is -2.10. The van der Waals surface area contributed by atoms with E-state index < -0.39 is 22.8 Å². The molecule has 1 aromatic rings. The topological polar surface area (TPSA) is 63.6 Å². The average molecular weight is 303 g/mol. The molecule has 6 heteroatoms. The molecule has 0 aliphatic heterocycles. The molecule has 1 N–H and O–H groups in total. The van der Waals surface area contributed by atoms with Crippen molar-refractivity contribution in [1.29, 1.82) is 0 Å². The molecule has 1 saturated carbocycles. The lowest BCUT2D eigenvalue weighted by Gasteiger charge is -2.14. The van der Waals surface area contributed by atoms with Gasteiger partial charge in [0.1, 0.15) is 5.75 Å². The van der Waals surface area contributed by atoms with Gasteiger partial charge in [-0.15, -0.1) is 0 Å². The second-order valence-electron chi connectivity index (χ2n) is 5.14. The Kier molecular flexibility index (Phi) is 3.27. The Balaban J connectivity index is 2.17. The fourth-order valence-corrected chi connectivity index (χ4v) is 2.59. The summed E-state index contributed by atoms with van der Waals surface area (Å²) in [5.74, 6) is -1.38. The molecule has 0 aromatic heterocycles. The van der Waals surface area contributed by atoms with Gasteiger partial charge in [-0.05, 0) is 38.5 Å². The van der Waals surface area contributed by atoms with Crippen molar-refractivity contribution < 1.29 is 19.4 Å². The minimum atomic E-state index is -1.08. The summed E-state index contributed by atoms with van der Waals surface area (Å²) in [6.45, 7) is 3.11. The van der Waals surface area contributed by atoms with Gasteiger partial charge in [0.05, 0.1) is 10.8 Å². The molecule has 0 radical (unpaired) electrons. The van der Waals surface area contributed by atoms with Crippen LogP contribution in [0, 0.1) is 10.8 Å².